The van der Waals surface area contributed by atoms with E-state index in [-0.39, 0.29) is 5.75 Å². The molecule has 3 aromatic rings. The van der Waals surface area contributed by atoms with Gasteiger partial charge < -0.3 is 15.2 Å². The van der Waals surface area contributed by atoms with Gasteiger partial charge in [-0.05, 0) is 30.7 Å². The van der Waals surface area contributed by atoms with Crippen molar-refractivity contribution >= 4 is 40.3 Å². The molecule has 0 bridgehead atoms. The summed E-state index contributed by atoms with van der Waals surface area (Å²) in [5, 5.41) is 13.6. The molecule has 0 spiro atoms. The summed E-state index contributed by atoms with van der Waals surface area (Å²) in [4.78, 5) is 19.9. The summed E-state index contributed by atoms with van der Waals surface area (Å²) < 4.78 is 5.37. The number of anilines is 2. The van der Waals surface area contributed by atoms with Crippen molar-refractivity contribution in [2.45, 2.75) is 11.9 Å². The van der Waals surface area contributed by atoms with Gasteiger partial charge in [-0.2, -0.15) is 0 Å². The molecule has 1 aromatic heterocycles. The largest absolute Gasteiger partial charge is 0.495 e. The standard InChI is InChI=1S/C18H17N3O3S/c1-11-7-8-15(24-2)14(9-11)20-18-19-13-6-4-3-5-12(13)17(21-18)25-10-16(22)23/h3-9H,10H2,1-2H3,(H,22,23)(H,19,20,21). The second-order valence-corrected chi connectivity index (χ2v) is 6.34. The zero-order valence-electron chi connectivity index (χ0n) is 13.8. The number of thioether (sulfide) groups is 1. The molecule has 128 valence electrons. The first-order chi connectivity index (χ1) is 12.1. The van der Waals surface area contributed by atoms with Crippen LogP contribution in [0.5, 0.6) is 5.75 Å². The summed E-state index contributed by atoms with van der Waals surface area (Å²) in [6.07, 6.45) is 0. The van der Waals surface area contributed by atoms with Gasteiger partial charge in [-0.15, -0.1) is 0 Å². The molecule has 0 unspecified atom stereocenters. The Balaban J connectivity index is 2.02. The molecule has 0 saturated carbocycles. The molecule has 0 aliphatic rings. The highest BCUT2D eigenvalue weighted by Crippen LogP contribution is 2.30. The number of hydrogen-bond donors (Lipinski definition) is 2. The number of carboxylic acid groups (broad SMARTS) is 1. The van der Waals surface area contributed by atoms with Crippen LogP contribution in [0, 0.1) is 6.92 Å². The molecule has 0 aliphatic carbocycles. The van der Waals surface area contributed by atoms with Crippen LogP contribution in [0.3, 0.4) is 0 Å². The number of aryl methyl sites for hydroxylation is 1. The number of nitrogens with zero attached hydrogens (tertiary/aromatic N) is 2. The number of hydrogen-bond acceptors (Lipinski definition) is 6. The highest BCUT2D eigenvalue weighted by molar-refractivity contribution is 8.00. The maximum atomic E-state index is 10.9. The Morgan fingerprint density at radius 1 is 1.24 bits per heavy atom. The van der Waals surface area contributed by atoms with Gasteiger partial charge >= 0.3 is 5.97 Å². The second kappa shape index (κ2) is 7.40. The number of ether oxygens (including phenoxy) is 1. The highest BCUT2D eigenvalue weighted by atomic mass is 32.2. The lowest BCUT2D eigenvalue weighted by molar-refractivity contribution is -0.133. The number of para-hydroxylation sites is 1. The van der Waals surface area contributed by atoms with E-state index in [0.717, 1.165) is 22.2 Å². The first kappa shape index (κ1) is 17.0. The van der Waals surface area contributed by atoms with E-state index in [1.807, 2.05) is 49.4 Å². The van der Waals surface area contributed by atoms with Gasteiger partial charge in [0.15, 0.2) is 0 Å². The van der Waals surface area contributed by atoms with Crippen LogP contribution in [0.1, 0.15) is 5.56 Å². The van der Waals surface area contributed by atoms with Crippen LogP contribution in [-0.2, 0) is 4.79 Å². The van der Waals surface area contributed by atoms with Crippen molar-refractivity contribution < 1.29 is 14.6 Å². The fourth-order valence-corrected chi connectivity index (χ4v) is 3.12. The third-order valence-corrected chi connectivity index (χ3v) is 4.48. The van der Waals surface area contributed by atoms with E-state index in [1.54, 1.807) is 7.11 Å². The fraction of sp³-hybridized carbons (Fsp3) is 0.167. The monoisotopic (exact) mass is 355 g/mol. The number of aromatic nitrogens is 2. The highest BCUT2D eigenvalue weighted by Gasteiger charge is 2.12. The quantitative estimate of drug-likeness (QED) is 0.513. The normalized spacial score (nSPS) is 10.6. The van der Waals surface area contributed by atoms with E-state index in [4.69, 9.17) is 9.84 Å². The van der Waals surface area contributed by atoms with Crippen molar-refractivity contribution in [2.75, 3.05) is 18.2 Å². The van der Waals surface area contributed by atoms with Gasteiger partial charge in [-0.25, -0.2) is 9.97 Å². The molecule has 6 nitrogen and oxygen atoms in total. The first-order valence-electron chi connectivity index (χ1n) is 7.60. The van der Waals surface area contributed by atoms with Gasteiger partial charge in [0.2, 0.25) is 5.95 Å². The number of aliphatic carboxylic acids is 1. The number of carbonyl (C=O) groups is 1. The SMILES string of the molecule is COc1ccc(C)cc1Nc1nc(SCC(=O)O)c2ccccc2n1. The minimum absolute atomic E-state index is 0.0613. The zero-order valence-corrected chi connectivity index (χ0v) is 14.6. The van der Waals surface area contributed by atoms with Crippen LogP contribution in [0.25, 0.3) is 10.9 Å². The Bertz CT molecular complexity index is 931. The number of carboxylic acids is 1. The van der Waals surface area contributed by atoms with Gasteiger partial charge in [-0.3, -0.25) is 4.79 Å². The van der Waals surface area contributed by atoms with E-state index < -0.39 is 5.97 Å². The lowest BCUT2D eigenvalue weighted by Crippen LogP contribution is -2.03. The van der Waals surface area contributed by atoms with Crippen LogP contribution < -0.4 is 10.1 Å². The van der Waals surface area contributed by atoms with Crippen LogP contribution in [0.15, 0.2) is 47.5 Å². The molecule has 0 radical (unpaired) electrons. The molecule has 0 aliphatic heterocycles. The molecule has 0 atom stereocenters. The van der Waals surface area contributed by atoms with E-state index in [9.17, 15) is 4.79 Å². The maximum Gasteiger partial charge on any atom is 0.313 e. The van der Waals surface area contributed by atoms with Crippen molar-refractivity contribution in [1.29, 1.82) is 0 Å². The second-order valence-electron chi connectivity index (χ2n) is 5.38. The average Bonchev–Trinajstić information content (AvgIpc) is 2.60. The van der Waals surface area contributed by atoms with Gasteiger partial charge in [0.1, 0.15) is 10.8 Å². The lowest BCUT2D eigenvalue weighted by atomic mass is 10.2. The Kier molecular flexibility index (Phi) is 5.04. The van der Waals surface area contributed by atoms with Gasteiger partial charge in [0.05, 0.1) is 24.1 Å². The third-order valence-electron chi connectivity index (χ3n) is 3.50. The Morgan fingerprint density at radius 3 is 2.80 bits per heavy atom. The molecule has 25 heavy (non-hydrogen) atoms. The molecule has 0 fully saturated rings. The molecular weight excluding hydrogens is 338 g/mol. The summed E-state index contributed by atoms with van der Waals surface area (Å²) in [7, 11) is 1.60. The molecule has 7 heteroatoms. The summed E-state index contributed by atoms with van der Waals surface area (Å²) in [6.45, 7) is 1.99. The molecule has 2 aromatic carbocycles. The fourth-order valence-electron chi connectivity index (χ4n) is 2.38. The number of methoxy groups -OCH3 is 1. The predicted molar refractivity (Wildman–Crippen MR) is 98.9 cm³/mol. The summed E-state index contributed by atoms with van der Waals surface area (Å²) in [5.41, 5.74) is 2.58. The Labute approximate surface area is 149 Å². The van der Waals surface area contributed by atoms with Crippen LogP contribution in [0.2, 0.25) is 0 Å². The maximum absolute atomic E-state index is 10.9. The van der Waals surface area contributed by atoms with Crippen LogP contribution in [0.4, 0.5) is 11.6 Å². The van der Waals surface area contributed by atoms with Gasteiger partial charge in [0.25, 0.3) is 0 Å². The van der Waals surface area contributed by atoms with E-state index in [2.05, 4.69) is 15.3 Å². The molecule has 2 N–H and O–H groups in total. The smallest absolute Gasteiger partial charge is 0.313 e. The molecular formula is C18H17N3O3S. The van der Waals surface area contributed by atoms with Crippen molar-refractivity contribution in [2.24, 2.45) is 0 Å². The number of fused-ring (bicyclic) bond motifs is 1. The zero-order chi connectivity index (χ0) is 17.8. The summed E-state index contributed by atoms with van der Waals surface area (Å²) >= 11 is 1.17. The van der Waals surface area contributed by atoms with Gasteiger partial charge in [0, 0.05) is 5.39 Å². The average molecular weight is 355 g/mol. The van der Waals surface area contributed by atoms with Gasteiger partial charge in [-0.1, -0.05) is 36.0 Å². The van der Waals surface area contributed by atoms with Crippen molar-refractivity contribution in [3.63, 3.8) is 0 Å². The molecule has 0 saturated heterocycles. The van der Waals surface area contributed by atoms with E-state index in [0.29, 0.717) is 16.7 Å². The lowest BCUT2D eigenvalue weighted by Gasteiger charge is -2.12. The number of rotatable bonds is 6. The summed E-state index contributed by atoms with van der Waals surface area (Å²) in [5.74, 6) is 0.133. The van der Waals surface area contributed by atoms with Crippen LogP contribution >= 0.6 is 11.8 Å². The molecule has 1 heterocycles. The summed E-state index contributed by atoms with van der Waals surface area (Å²) in [6, 6.07) is 13.3. The molecule has 3 rings (SSSR count). The van der Waals surface area contributed by atoms with Crippen molar-refractivity contribution in [3.05, 3.63) is 48.0 Å². The minimum atomic E-state index is -0.887. The topological polar surface area (TPSA) is 84.3 Å². The third kappa shape index (κ3) is 4.00. The Morgan fingerprint density at radius 2 is 2.04 bits per heavy atom. The van der Waals surface area contributed by atoms with Crippen LogP contribution in [-0.4, -0.2) is 33.9 Å². The van der Waals surface area contributed by atoms with E-state index in [1.165, 1.54) is 11.8 Å². The minimum Gasteiger partial charge on any atom is -0.495 e. The van der Waals surface area contributed by atoms with Crippen molar-refractivity contribution in [1.82, 2.24) is 9.97 Å². The Hall–Kier alpha value is -2.80. The number of benzene rings is 2. The first-order valence-corrected chi connectivity index (χ1v) is 8.58. The van der Waals surface area contributed by atoms with E-state index >= 15 is 0 Å². The molecule has 0 amide bonds. The van der Waals surface area contributed by atoms with Crippen molar-refractivity contribution in [3.8, 4) is 5.75 Å². The predicted octanol–water partition coefficient (Wildman–Crippen LogP) is 3.87. The number of nitrogens with one attached hydrogen (secondary N) is 1.